The summed E-state index contributed by atoms with van der Waals surface area (Å²) < 4.78 is 5.30. The second kappa shape index (κ2) is 8.01. The Morgan fingerprint density at radius 3 is 2.62 bits per heavy atom. The first kappa shape index (κ1) is 17.9. The Morgan fingerprint density at radius 1 is 1.15 bits per heavy atom. The number of nitrogens with one attached hydrogen (secondary N) is 2. The summed E-state index contributed by atoms with van der Waals surface area (Å²) in [7, 11) is 0. The van der Waals surface area contributed by atoms with Crippen LogP contribution in [0.1, 0.15) is 25.3 Å². The number of aryl methyl sites for hydroxylation is 1. The molecule has 2 N–H and O–H groups in total. The van der Waals surface area contributed by atoms with Gasteiger partial charge in [0.15, 0.2) is 0 Å². The summed E-state index contributed by atoms with van der Waals surface area (Å²) in [5.41, 5.74) is 3.47. The molecule has 0 aliphatic heterocycles. The Kier molecular flexibility index (Phi) is 5.53. The second-order valence-electron chi connectivity index (χ2n) is 5.79. The summed E-state index contributed by atoms with van der Waals surface area (Å²) in [6, 6.07) is 13.2. The van der Waals surface area contributed by atoms with Gasteiger partial charge in [-0.3, -0.25) is 4.79 Å². The number of nitrogens with zero attached hydrogens (tertiary/aromatic N) is 2. The standard InChI is InChI=1S/C19H19ClN4O2/c1-3-13-4-6-14(7-5-13)19-23-18(26-24-19)11-21-17-10-15(20)8-9-16(17)22-12(2)25/h4-10,21H,3,11H2,1-2H3,(H,22,25). The summed E-state index contributed by atoms with van der Waals surface area (Å²) in [4.78, 5) is 15.7. The maximum Gasteiger partial charge on any atom is 0.246 e. The van der Waals surface area contributed by atoms with Gasteiger partial charge in [-0.15, -0.1) is 0 Å². The lowest BCUT2D eigenvalue weighted by Crippen LogP contribution is -2.09. The van der Waals surface area contributed by atoms with E-state index >= 15 is 0 Å². The minimum absolute atomic E-state index is 0.161. The van der Waals surface area contributed by atoms with Crippen LogP contribution in [0.3, 0.4) is 0 Å². The summed E-state index contributed by atoms with van der Waals surface area (Å²) in [5, 5.41) is 10.5. The Bertz CT molecular complexity index is 906. The minimum Gasteiger partial charge on any atom is -0.374 e. The maximum absolute atomic E-state index is 11.3. The Labute approximate surface area is 156 Å². The molecule has 1 aromatic heterocycles. The van der Waals surface area contributed by atoms with Crippen LogP contribution in [0, 0.1) is 0 Å². The lowest BCUT2D eigenvalue weighted by atomic mass is 10.1. The minimum atomic E-state index is -0.161. The van der Waals surface area contributed by atoms with Gasteiger partial charge in [-0.05, 0) is 30.2 Å². The molecule has 0 atom stereocenters. The van der Waals surface area contributed by atoms with Crippen molar-refractivity contribution in [2.75, 3.05) is 10.6 Å². The third-order valence-electron chi connectivity index (χ3n) is 3.81. The number of rotatable bonds is 6. The first-order valence-corrected chi connectivity index (χ1v) is 8.66. The van der Waals surface area contributed by atoms with Gasteiger partial charge >= 0.3 is 0 Å². The summed E-state index contributed by atoms with van der Waals surface area (Å²) in [5.74, 6) is 0.817. The molecule has 0 saturated carbocycles. The van der Waals surface area contributed by atoms with Crippen LogP contribution >= 0.6 is 11.6 Å². The molecular formula is C19H19ClN4O2. The van der Waals surface area contributed by atoms with Crippen LogP contribution in [0.2, 0.25) is 5.02 Å². The fraction of sp³-hybridized carbons (Fsp3) is 0.211. The van der Waals surface area contributed by atoms with Crippen LogP contribution in [0.15, 0.2) is 47.0 Å². The van der Waals surface area contributed by atoms with Crippen LogP contribution in [0.4, 0.5) is 11.4 Å². The van der Waals surface area contributed by atoms with Crippen molar-refractivity contribution in [2.45, 2.75) is 26.8 Å². The van der Waals surface area contributed by atoms with Crippen LogP contribution in [-0.2, 0) is 17.8 Å². The lowest BCUT2D eigenvalue weighted by Gasteiger charge is -2.11. The van der Waals surface area contributed by atoms with Crippen molar-refractivity contribution in [3.05, 3.63) is 58.9 Å². The molecule has 3 aromatic rings. The van der Waals surface area contributed by atoms with Gasteiger partial charge in [-0.2, -0.15) is 4.98 Å². The molecule has 3 rings (SSSR count). The summed E-state index contributed by atoms with van der Waals surface area (Å²) >= 11 is 6.04. The van der Waals surface area contributed by atoms with Gasteiger partial charge < -0.3 is 15.2 Å². The molecule has 1 amide bonds. The number of hydrogen-bond donors (Lipinski definition) is 2. The molecule has 0 bridgehead atoms. The highest BCUT2D eigenvalue weighted by Crippen LogP contribution is 2.26. The molecule has 0 aliphatic rings. The number of anilines is 2. The molecule has 1 heterocycles. The topological polar surface area (TPSA) is 80.0 Å². The number of benzene rings is 2. The van der Waals surface area contributed by atoms with Gasteiger partial charge in [0.1, 0.15) is 0 Å². The van der Waals surface area contributed by atoms with E-state index in [9.17, 15) is 4.79 Å². The van der Waals surface area contributed by atoms with E-state index in [4.69, 9.17) is 16.1 Å². The molecule has 0 fully saturated rings. The molecule has 0 spiro atoms. The lowest BCUT2D eigenvalue weighted by molar-refractivity contribution is -0.114. The zero-order valence-electron chi connectivity index (χ0n) is 14.5. The molecule has 2 aromatic carbocycles. The predicted octanol–water partition coefficient (Wildman–Crippen LogP) is 4.52. The maximum atomic E-state index is 11.3. The van der Waals surface area contributed by atoms with Gasteiger partial charge in [-0.1, -0.05) is 47.9 Å². The highest BCUT2D eigenvalue weighted by Gasteiger charge is 2.10. The van der Waals surface area contributed by atoms with Crippen LogP contribution < -0.4 is 10.6 Å². The zero-order chi connectivity index (χ0) is 18.5. The predicted molar refractivity (Wildman–Crippen MR) is 102 cm³/mol. The average molecular weight is 371 g/mol. The normalized spacial score (nSPS) is 10.6. The number of aromatic nitrogens is 2. The van der Waals surface area contributed by atoms with Gasteiger partial charge in [-0.25, -0.2) is 0 Å². The van der Waals surface area contributed by atoms with E-state index < -0.39 is 0 Å². The quantitative estimate of drug-likeness (QED) is 0.666. The molecule has 134 valence electrons. The van der Waals surface area contributed by atoms with Crippen molar-refractivity contribution in [1.82, 2.24) is 10.1 Å². The molecule has 0 aliphatic carbocycles. The number of carbonyl (C=O) groups excluding carboxylic acids is 1. The van der Waals surface area contributed by atoms with Crippen molar-refractivity contribution in [3.63, 3.8) is 0 Å². The van der Waals surface area contributed by atoms with Crippen LogP contribution in [-0.4, -0.2) is 16.0 Å². The first-order chi connectivity index (χ1) is 12.5. The van der Waals surface area contributed by atoms with E-state index in [1.54, 1.807) is 18.2 Å². The fourth-order valence-electron chi connectivity index (χ4n) is 2.47. The number of halogens is 1. The molecule has 6 nitrogen and oxygen atoms in total. The van der Waals surface area contributed by atoms with Gasteiger partial charge in [0.05, 0.1) is 17.9 Å². The highest BCUT2D eigenvalue weighted by molar-refractivity contribution is 6.31. The largest absolute Gasteiger partial charge is 0.374 e. The van der Waals surface area contributed by atoms with Gasteiger partial charge in [0.25, 0.3) is 0 Å². The summed E-state index contributed by atoms with van der Waals surface area (Å²) in [6.45, 7) is 3.87. The Hall–Kier alpha value is -2.86. The van der Waals surface area contributed by atoms with Gasteiger partial charge in [0.2, 0.25) is 17.6 Å². The third-order valence-corrected chi connectivity index (χ3v) is 4.05. The first-order valence-electron chi connectivity index (χ1n) is 8.28. The molecule has 0 radical (unpaired) electrons. The van der Waals surface area contributed by atoms with Gasteiger partial charge in [0, 0.05) is 17.5 Å². The van der Waals surface area contributed by atoms with E-state index in [1.165, 1.54) is 12.5 Å². The van der Waals surface area contributed by atoms with E-state index in [-0.39, 0.29) is 5.91 Å². The summed E-state index contributed by atoms with van der Waals surface area (Å²) in [6.07, 6.45) is 0.984. The van der Waals surface area contributed by atoms with E-state index in [0.717, 1.165) is 12.0 Å². The number of carbonyl (C=O) groups is 1. The van der Waals surface area contributed by atoms with Crippen molar-refractivity contribution >= 4 is 28.9 Å². The van der Waals surface area contributed by atoms with Crippen molar-refractivity contribution < 1.29 is 9.32 Å². The number of hydrogen-bond acceptors (Lipinski definition) is 5. The van der Waals surface area contributed by atoms with Crippen molar-refractivity contribution in [3.8, 4) is 11.4 Å². The number of amides is 1. The fourth-order valence-corrected chi connectivity index (χ4v) is 2.64. The van der Waals surface area contributed by atoms with Crippen molar-refractivity contribution in [2.24, 2.45) is 0 Å². The molecule has 0 unspecified atom stereocenters. The molecule has 0 saturated heterocycles. The van der Waals surface area contributed by atoms with Crippen LogP contribution in [0.25, 0.3) is 11.4 Å². The van der Waals surface area contributed by atoms with E-state index in [2.05, 4.69) is 39.8 Å². The molecule has 26 heavy (non-hydrogen) atoms. The van der Waals surface area contributed by atoms with Crippen molar-refractivity contribution in [1.29, 1.82) is 0 Å². The third kappa shape index (κ3) is 4.40. The second-order valence-corrected chi connectivity index (χ2v) is 6.22. The molecular weight excluding hydrogens is 352 g/mol. The Balaban J connectivity index is 1.72. The highest BCUT2D eigenvalue weighted by atomic mass is 35.5. The monoisotopic (exact) mass is 370 g/mol. The van der Waals surface area contributed by atoms with E-state index in [0.29, 0.717) is 34.7 Å². The SMILES string of the molecule is CCc1ccc(-c2noc(CNc3cc(Cl)ccc3NC(C)=O)n2)cc1. The smallest absolute Gasteiger partial charge is 0.246 e. The molecule has 7 heteroatoms. The van der Waals surface area contributed by atoms with Crippen LogP contribution in [0.5, 0.6) is 0 Å². The van der Waals surface area contributed by atoms with E-state index in [1.807, 2.05) is 12.1 Å². The zero-order valence-corrected chi connectivity index (χ0v) is 15.3. The average Bonchev–Trinajstić information content (AvgIpc) is 3.10. The Morgan fingerprint density at radius 2 is 1.92 bits per heavy atom.